The number of unbranched alkanes of at least 4 members (excludes halogenated alkanes) is 2. The van der Waals surface area contributed by atoms with E-state index in [1.807, 2.05) is 0 Å². The minimum Gasteiger partial charge on any atom is -0.330 e. The van der Waals surface area contributed by atoms with Crippen LogP contribution in [0.25, 0.3) is 0 Å². The summed E-state index contributed by atoms with van der Waals surface area (Å²) in [6.07, 6.45) is 5.47. The van der Waals surface area contributed by atoms with Gasteiger partial charge in [-0.25, -0.2) is 5.11 Å². The van der Waals surface area contributed by atoms with Gasteiger partial charge in [0, 0.05) is 0 Å². The van der Waals surface area contributed by atoms with E-state index in [4.69, 9.17) is 5.73 Å². The standard InChI is InChI=1S/C9H20NO/c1-2-9(8-10)6-4-3-5-7-11/h9H,2-8,10H2,1H3. The van der Waals surface area contributed by atoms with Crippen molar-refractivity contribution in [2.45, 2.75) is 39.0 Å². The van der Waals surface area contributed by atoms with Gasteiger partial charge in [-0.2, -0.15) is 0 Å². The Balaban J connectivity index is 3.07. The van der Waals surface area contributed by atoms with Crippen LogP contribution >= 0.6 is 0 Å². The molecular formula is C9H20NO. The molecule has 0 rings (SSSR count). The van der Waals surface area contributed by atoms with Crippen molar-refractivity contribution in [3.05, 3.63) is 0 Å². The Morgan fingerprint density at radius 2 is 2.00 bits per heavy atom. The van der Waals surface area contributed by atoms with Crippen molar-refractivity contribution in [1.82, 2.24) is 0 Å². The van der Waals surface area contributed by atoms with Crippen molar-refractivity contribution in [2.75, 3.05) is 13.2 Å². The van der Waals surface area contributed by atoms with Gasteiger partial charge in [0.2, 0.25) is 0 Å². The van der Waals surface area contributed by atoms with Crippen LogP contribution in [-0.4, -0.2) is 13.2 Å². The quantitative estimate of drug-likeness (QED) is 0.566. The molecule has 0 aromatic carbocycles. The van der Waals surface area contributed by atoms with Crippen molar-refractivity contribution in [1.29, 1.82) is 0 Å². The summed E-state index contributed by atoms with van der Waals surface area (Å²) < 4.78 is 0. The fourth-order valence-electron chi connectivity index (χ4n) is 1.20. The number of nitrogens with two attached hydrogens (primary N) is 1. The molecule has 2 nitrogen and oxygen atoms in total. The molecule has 0 spiro atoms. The van der Waals surface area contributed by atoms with Gasteiger partial charge >= 0.3 is 0 Å². The van der Waals surface area contributed by atoms with Gasteiger partial charge in [0.1, 0.15) is 0 Å². The highest BCUT2D eigenvalue weighted by Crippen LogP contribution is 2.11. The third kappa shape index (κ3) is 6.32. The maximum absolute atomic E-state index is 10.1. The Kier molecular flexibility index (Phi) is 7.96. The second-order valence-electron chi connectivity index (χ2n) is 3.06. The van der Waals surface area contributed by atoms with Crippen molar-refractivity contribution >= 4 is 0 Å². The summed E-state index contributed by atoms with van der Waals surface area (Å²) in [6.45, 7) is 3.05. The highest BCUT2D eigenvalue weighted by atomic mass is 16.2. The minimum atomic E-state index is 0.0828. The Bertz CT molecular complexity index is 72.0. The van der Waals surface area contributed by atoms with E-state index in [2.05, 4.69) is 6.92 Å². The van der Waals surface area contributed by atoms with E-state index in [1.165, 1.54) is 19.3 Å². The average molecular weight is 158 g/mol. The molecular weight excluding hydrogens is 138 g/mol. The van der Waals surface area contributed by atoms with Crippen LogP contribution in [0.15, 0.2) is 0 Å². The maximum Gasteiger partial charge on any atom is 0.0822 e. The molecule has 11 heavy (non-hydrogen) atoms. The largest absolute Gasteiger partial charge is 0.330 e. The molecule has 0 fully saturated rings. The summed E-state index contributed by atoms with van der Waals surface area (Å²) >= 11 is 0. The van der Waals surface area contributed by atoms with E-state index in [9.17, 15) is 5.11 Å². The Hall–Kier alpha value is -0.0800. The summed E-state index contributed by atoms with van der Waals surface area (Å²) in [7, 11) is 0. The molecule has 0 heterocycles. The van der Waals surface area contributed by atoms with Gasteiger partial charge in [0.25, 0.3) is 0 Å². The highest BCUT2D eigenvalue weighted by molar-refractivity contribution is 4.57. The van der Waals surface area contributed by atoms with Gasteiger partial charge < -0.3 is 5.73 Å². The average Bonchev–Trinajstić information content (AvgIpc) is 2.05. The summed E-state index contributed by atoms with van der Waals surface area (Å²) in [5, 5.41) is 10.1. The van der Waals surface area contributed by atoms with Crippen LogP contribution in [0.2, 0.25) is 0 Å². The van der Waals surface area contributed by atoms with E-state index in [0.717, 1.165) is 19.4 Å². The monoisotopic (exact) mass is 158 g/mol. The summed E-state index contributed by atoms with van der Waals surface area (Å²) in [4.78, 5) is 0. The summed E-state index contributed by atoms with van der Waals surface area (Å²) in [6, 6.07) is 0. The van der Waals surface area contributed by atoms with Crippen molar-refractivity contribution in [3.8, 4) is 0 Å². The predicted molar refractivity (Wildman–Crippen MR) is 46.9 cm³/mol. The fourth-order valence-corrected chi connectivity index (χ4v) is 1.20. The molecule has 0 saturated heterocycles. The lowest BCUT2D eigenvalue weighted by Gasteiger charge is -2.10. The van der Waals surface area contributed by atoms with Crippen LogP contribution < -0.4 is 5.73 Å². The van der Waals surface area contributed by atoms with Crippen LogP contribution in [0.1, 0.15) is 39.0 Å². The topological polar surface area (TPSA) is 45.9 Å². The molecule has 0 saturated carbocycles. The molecule has 0 amide bonds. The van der Waals surface area contributed by atoms with Gasteiger partial charge in [0.15, 0.2) is 0 Å². The Labute approximate surface area is 69.8 Å². The minimum absolute atomic E-state index is 0.0828. The third-order valence-electron chi connectivity index (χ3n) is 2.17. The normalized spacial score (nSPS) is 13.4. The molecule has 67 valence electrons. The Morgan fingerprint density at radius 3 is 2.45 bits per heavy atom. The first-order valence-electron chi connectivity index (χ1n) is 4.63. The third-order valence-corrected chi connectivity index (χ3v) is 2.17. The molecule has 0 aromatic rings. The smallest absolute Gasteiger partial charge is 0.0822 e. The molecule has 0 aliphatic carbocycles. The second-order valence-corrected chi connectivity index (χ2v) is 3.06. The maximum atomic E-state index is 10.1. The van der Waals surface area contributed by atoms with Gasteiger partial charge in [-0.05, 0) is 25.3 Å². The van der Waals surface area contributed by atoms with E-state index < -0.39 is 0 Å². The van der Waals surface area contributed by atoms with Crippen molar-refractivity contribution in [3.63, 3.8) is 0 Å². The van der Waals surface area contributed by atoms with Crippen molar-refractivity contribution in [2.24, 2.45) is 11.7 Å². The molecule has 2 heteroatoms. The number of hydrogen-bond acceptors (Lipinski definition) is 1. The van der Waals surface area contributed by atoms with E-state index in [-0.39, 0.29) is 6.61 Å². The van der Waals surface area contributed by atoms with Gasteiger partial charge in [0.05, 0.1) is 6.61 Å². The van der Waals surface area contributed by atoms with Crippen LogP contribution in [0.4, 0.5) is 0 Å². The zero-order valence-electron chi connectivity index (χ0n) is 7.51. The first kappa shape index (κ1) is 10.9. The zero-order chi connectivity index (χ0) is 8.53. The lowest BCUT2D eigenvalue weighted by Crippen LogP contribution is -2.13. The number of rotatable bonds is 7. The Morgan fingerprint density at radius 1 is 1.27 bits per heavy atom. The molecule has 0 aliphatic heterocycles. The van der Waals surface area contributed by atoms with Gasteiger partial charge in [-0.15, -0.1) is 0 Å². The fraction of sp³-hybridized carbons (Fsp3) is 1.00. The van der Waals surface area contributed by atoms with Gasteiger partial charge in [-0.3, -0.25) is 0 Å². The lowest BCUT2D eigenvalue weighted by atomic mass is 9.99. The predicted octanol–water partition coefficient (Wildman–Crippen LogP) is 1.96. The molecule has 0 aromatic heterocycles. The first-order valence-corrected chi connectivity index (χ1v) is 4.63. The van der Waals surface area contributed by atoms with Crippen LogP contribution in [0, 0.1) is 5.92 Å². The number of hydrogen-bond donors (Lipinski definition) is 1. The van der Waals surface area contributed by atoms with Crippen LogP contribution in [0.3, 0.4) is 0 Å². The molecule has 0 bridgehead atoms. The first-order chi connectivity index (χ1) is 5.35. The van der Waals surface area contributed by atoms with E-state index in [1.54, 1.807) is 0 Å². The van der Waals surface area contributed by atoms with E-state index >= 15 is 0 Å². The lowest BCUT2D eigenvalue weighted by molar-refractivity contribution is 0.185. The molecule has 1 atom stereocenters. The van der Waals surface area contributed by atoms with Crippen LogP contribution in [-0.2, 0) is 5.11 Å². The highest BCUT2D eigenvalue weighted by Gasteiger charge is 2.01. The van der Waals surface area contributed by atoms with Gasteiger partial charge in [-0.1, -0.05) is 26.2 Å². The van der Waals surface area contributed by atoms with Crippen LogP contribution in [0.5, 0.6) is 0 Å². The van der Waals surface area contributed by atoms with E-state index in [0.29, 0.717) is 5.92 Å². The molecule has 1 unspecified atom stereocenters. The van der Waals surface area contributed by atoms with Crippen molar-refractivity contribution < 1.29 is 5.11 Å². The molecule has 1 radical (unpaired) electrons. The summed E-state index contributed by atoms with van der Waals surface area (Å²) in [5.74, 6) is 0.682. The molecule has 2 N–H and O–H groups in total. The zero-order valence-corrected chi connectivity index (χ0v) is 7.51. The summed E-state index contributed by atoms with van der Waals surface area (Å²) in [5.41, 5.74) is 5.54. The second kappa shape index (κ2) is 8.02. The SMILES string of the molecule is CCC(CN)CCCCC[O]. The molecule has 0 aliphatic rings.